The van der Waals surface area contributed by atoms with Crippen LogP contribution in [0.15, 0.2) is 18.2 Å². The first-order valence-electron chi connectivity index (χ1n) is 7.26. The van der Waals surface area contributed by atoms with Crippen LogP contribution in [0.25, 0.3) is 0 Å². The van der Waals surface area contributed by atoms with E-state index in [2.05, 4.69) is 5.32 Å². The second-order valence-corrected chi connectivity index (χ2v) is 5.78. The molecule has 2 rings (SSSR count). The zero-order valence-electron chi connectivity index (χ0n) is 12.9. The molecule has 1 saturated carbocycles. The highest BCUT2D eigenvalue weighted by Gasteiger charge is 2.42. The monoisotopic (exact) mass is 292 g/mol. The molecule has 1 aromatic carbocycles. The summed E-state index contributed by atoms with van der Waals surface area (Å²) in [5.41, 5.74) is 6.53. The predicted octanol–water partition coefficient (Wildman–Crippen LogP) is 1.84. The number of benzene rings is 1. The van der Waals surface area contributed by atoms with Gasteiger partial charge in [0.1, 0.15) is 11.5 Å². The molecule has 116 valence electrons. The zero-order valence-corrected chi connectivity index (χ0v) is 12.9. The van der Waals surface area contributed by atoms with E-state index in [0.717, 1.165) is 30.6 Å². The van der Waals surface area contributed by atoms with Crippen LogP contribution in [0.1, 0.15) is 31.7 Å². The number of carbonyl (C=O) groups excluding carboxylic acids is 1. The quantitative estimate of drug-likeness (QED) is 0.868. The summed E-state index contributed by atoms with van der Waals surface area (Å²) in [4.78, 5) is 12.4. The number of methoxy groups -OCH3 is 2. The normalized spacial score (nSPS) is 24.7. The number of nitrogens with one attached hydrogen (secondary N) is 1. The van der Waals surface area contributed by atoms with Gasteiger partial charge >= 0.3 is 0 Å². The van der Waals surface area contributed by atoms with Crippen molar-refractivity contribution in [2.75, 3.05) is 14.2 Å². The van der Waals surface area contributed by atoms with Crippen molar-refractivity contribution in [2.24, 2.45) is 11.1 Å². The lowest BCUT2D eigenvalue weighted by atomic mass is 9.84. The Bertz CT molecular complexity index is 518. The maximum absolute atomic E-state index is 12.4. The Balaban J connectivity index is 2.04. The molecule has 3 N–H and O–H groups in total. The molecule has 0 bridgehead atoms. The molecule has 0 aliphatic heterocycles. The topological polar surface area (TPSA) is 73.6 Å². The SMILES string of the molecule is COc1ccc(CNC(=O)C2(C)CCCC2N)c(OC)c1. The molecule has 2 atom stereocenters. The second-order valence-electron chi connectivity index (χ2n) is 5.78. The van der Waals surface area contributed by atoms with E-state index < -0.39 is 5.41 Å². The highest BCUT2D eigenvalue weighted by molar-refractivity contribution is 5.83. The lowest BCUT2D eigenvalue weighted by Crippen LogP contribution is -2.47. The van der Waals surface area contributed by atoms with Crippen LogP contribution in [0.2, 0.25) is 0 Å². The van der Waals surface area contributed by atoms with Gasteiger partial charge in [0, 0.05) is 24.2 Å². The number of ether oxygens (including phenoxy) is 2. The third-order valence-corrected chi connectivity index (χ3v) is 4.48. The predicted molar refractivity (Wildman–Crippen MR) is 81.3 cm³/mol. The van der Waals surface area contributed by atoms with Crippen molar-refractivity contribution in [3.8, 4) is 11.5 Å². The highest BCUT2D eigenvalue weighted by Crippen LogP contribution is 2.37. The molecule has 1 aliphatic rings. The van der Waals surface area contributed by atoms with Crippen molar-refractivity contribution >= 4 is 5.91 Å². The number of hydrogen-bond acceptors (Lipinski definition) is 4. The lowest BCUT2D eigenvalue weighted by molar-refractivity contribution is -0.130. The average Bonchev–Trinajstić information content (AvgIpc) is 2.85. The van der Waals surface area contributed by atoms with Crippen molar-refractivity contribution in [1.29, 1.82) is 0 Å². The summed E-state index contributed by atoms with van der Waals surface area (Å²) in [5, 5.41) is 2.98. The van der Waals surface area contributed by atoms with Gasteiger partial charge in [-0.15, -0.1) is 0 Å². The number of amides is 1. The molecule has 1 aliphatic carbocycles. The molecule has 1 aromatic rings. The Morgan fingerprint density at radius 1 is 1.43 bits per heavy atom. The molecule has 1 amide bonds. The molecule has 5 heteroatoms. The summed E-state index contributed by atoms with van der Waals surface area (Å²) < 4.78 is 10.5. The van der Waals surface area contributed by atoms with Crippen LogP contribution >= 0.6 is 0 Å². The van der Waals surface area contributed by atoms with E-state index in [9.17, 15) is 4.79 Å². The van der Waals surface area contributed by atoms with Gasteiger partial charge in [0.05, 0.1) is 19.6 Å². The van der Waals surface area contributed by atoms with Gasteiger partial charge in [0.15, 0.2) is 0 Å². The minimum absolute atomic E-state index is 0.0189. The minimum atomic E-state index is -0.459. The maximum Gasteiger partial charge on any atom is 0.227 e. The van der Waals surface area contributed by atoms with Crippen LogP contribution in [-0.4, -0.2) is 26.2 Å². The molecular formula is C16H24N2O3. The molecule has 5 nitrogen and oxygen atoms in total. The van der Waals surface area contributed by atoms with E-state index in [1.807, 2.05) is 25.1 Å². The number of hydrogen-bond donors (Lipinski definition) is 2. The number of carbonyl (C=O) groups is 1. The van der Waals surface area contributed by atoms with E-state index >= 15 is 0 Å². The summed E-state index contributed by atoms with van der Waals surface area (Å²) in [5.74, 6) is 1.45. The van der Waals surface area contributed by atoms with Gasteiger partial charge in [-0.2, -0.15) is 0 Å². The Morgan fingerprint density at radius 2 is 2.19 bits per heavy atom. The number of nitrogens with two attached hydrogens (primary N) is 1. The van der Waals surface area contributed by atoms with Gasteiger partial charge in [-0.05, 0) is 31.9 Å². The standard InChI is InChI=1S/C16H24N2O3/c1-16(8-4-5-14(16)17)15(19)18-10-11-6-7-12(20-2)9-13(11)21-3/h6-7,9,14H,4-5,8,10,17H2,1-3H3,(H,18,19). The molecule has 2 unspecified atom stereocenters. The van der Waals surface area contributed by atoms with Crippen LogP contribution < -0.4 is 20.5 Å². The summed E-state index contributed by atoms with van der Waals surface area (Å²) in [6.45, 7) is 2.37. The highest BCUT2D eigenvalue weighted by atomic mass is 16.5. The van der Waals surface area contributed by atoms with Gasteiger partial charge in [0.2, 0.25) is 5.91 Å². The van der Waals surface area contributed by atoms with Crippen LogP contribution in [0.3, 0.4) is 0 Å². The van der Waals surface area contributed by atoms with Gasteiger partial charge in [0.25, 0.3) is 0 Å². The van der Waals surface area contributed by atoms with Gasteiger partial charge < -0.3 is 20.5 Å². The molecular weight excluding hydrogens is 268 g/mol. The van der Waals surface area contributed by atoms with Crippen molar-refractivity contribution in [3.63, 3.8) is 0 Å². The Kier molecular flexibility index (Phi) is 4.73. The summed E-state index contributed by atoms with van der Waals surface area (Å²) in [7, 11) is 3.22. The average molecular weight is 292 g/mol. The molecule has 0 aromatic heterocycles. The minimum Gasteiger partial charge on any atom is -0.497 e. The first-order chi connectivity index (χ1) is 10.0. The fourth-order valence-corrected chi connectivity index (χ4v) is 2.85. The van der Waals surface area contributed by atoms with Crippen molar-refractivity contribution < 1.29 is 14.3 Å². The van der Waals surface area contributed by atoms with Gasteiger partial charge in [-0.1, -0.05) is 6.42 Å². The maximum atomic E-state index is 12.4. The molecule has 0 saturated heterocycles. The van der Waals surface area contributed by atoms with E-state index in [1.165, 1.54) is 0 Å². The number of rotatable bonds is 5. The van der Waals surface area contributed by atoms with Crippen LogP contribution in [0, 0.1) is 5.41 Å². The Morgan fingerprint density at radius 3 is 2.76 bits per heavy atom. The van der Waals surface area contributed by atoms with Crippen LogP contribution in [0.4, 0.5) is 0 Å². The smallest absolute Gasteiger partial charge is 0.227 e. The van der Waals surface area contributed by atoms with Crippen molar-refractivity contribution in [2.45, 2.75) is 38.8 Å². The first kappa shape index (κ1) is 15.6. The molecule has 0 heterocycles. The third-order valence-electron chi connectivity index (χ3n) is 4.48. The third kappa shape index (κ3) is 3.13. The summed E-state index contributed by atoms with van der Waals surface area (Å²) >= 11 is 0. The van der Waals surface area contributed by atoms with Crippen molar-refractivity contribution in [1.82, 2.24) is 5.32 Å². The molecule has 0 radical (unpaired) electrons. The zero-order chi connectivity index (χ0) is 15.5. The summed E-state index contributed by atoms with van der Waals surface area (Å²) in [6, 6.07) is 5.50. The van der Waals surface area contributed by atoms with Crippen LogP contribution in [0.5, 0.6) is 11.5 Å². The fourth-order valence-electron chi connectivity index (χ4n) is 2.85. The molecule has 1 fully saturated rings. The van der Waals surface area contributed by atoms with Crippen molar-refractivity contribution in [3.05, 3.63) is 23.8 Å². The van der Waals surface area contributed by atoms with E-state index in [0.29, 0.717) is 12.3 Å². The van der Waals surface area contributed by atoms with E-state index in [-0.39, 0.29) is 11.9 Å². The Hall–Kier alpha value is -1.75. The molecule has 21 heavy (non-hydrogen) atoms. The van der Waals surface area contributed by atoms with Gasteiger partial charge in [-0.3, -0.25) is 4.79 Å². The first-order valence-corrected chi connectivity index (χ1v) is 7.26. The largest absolute Gasteiger partial charge is 0.497 e. The van der Waals surface area contributed by atoms with E-state index in [4.69, 9.17) is 15.2 Å². The van der Waals surface area contributed by atoms with Crippen LogP contribution in [-0.2, 0) is 11.3 Å². The lowest BCUT2D eigenvalue weighted by Gasteiger charge is -2.27. The second kappa shape index (κ2) is 6.35. The Labute approximate surface area is 125 Å². The summed E-state index contributed by atoms with van der Waals surface area (Å²) in [6.07, 6.45) is 2.77. The van der Waals surface area contributed by atoms with Gasteiger partial charge in [-0.25, -0.2) is 0 Å². The van der Waals surface area contributed by atoms with E-state index in [1.54, 1.807) is 14.2 Å². The molecule has 0 spiro atoms. The fraction of sp³-hybridized carbons (Fsp3) is 0.562.